The van der Waals surface area contributed by atoms with E-state index < -0.39 is 0 Å². The number of likely N-dealkylation sites (N-methyl/N-ethyl adjacent to an activating group) is 2. The molecule has 82 valence electrons. The Morgan fingerprint density at radius 1 is 1.29 bits per heavy atom. The van der Waals surface area contributed by atoms with Crippen LogP contribution in [-0.4, -0.2) is 26.0 Å². The lowest BCUT2D eigenvalue weighted by atomic mass is 9.84. The Labute approximate surface area is 86.6 Å². The molecule has 0 saturated heterocycles. The van der Waals surface area contributed by atoms with Gasteiger partial charge in [0.15, 0.2) is 0 Å². The zero-order valence-corrected chi connectivity index (χ0v) is 9.31. The largest absolute Gasteiger partial charge is 0.358 e. The molecule has 3 nitrogen and oxygen atoms in total. The van der Waals surface area contributed by atoms with Crippen LogP contribution in [0.4, 0.5) is 0 Å². The third-order valence-corrected chi connectivity index (χ3v) is 3.21. The van der Waals surface area contributed by atoms with Gasteiger partial charge in [0.05, 0.1) is 6.04 Å². The van der Waals surface area contributed by atoms with Gasteiger partial charge in [-0.25, -0.2) is 0 Å². The van der Waals surface area contributed by atoms with E-state index in [1.54, 1.807) is 7.05 Å². The molecule has 0 radical (unpaired) electrons. The fourth-order valence-corrected chi connectivity index (χ4v) is 2.29. The zero-order valence-electron chi connectivity index (χ0n) is 9.31. The van der Waals surface area contributed by atoms with E-state index in [-0.39, 0.29) is 11.9 Å². The number of nitrogens with one attached hydrogen (secondary N) is 2. The van der Waals surface area contributed by atoms with E-state index in [1.807, 2.05) is 7.05 Å². The molecule has 1 unspecified atom stereocenters. The molecule has 0 aliphatic heterocycles. The summed E-state index contributed by atoms with van der Waals surface area (Å²) < 4.78 is 0. The maximum atomic E-state index is 11.4. The number of carbonyl (C=O) groups excluding carboxylic acids is 1. The average Bonchev–Trinajstić information content (AvgIpc) is 2.26. The lowest BCUT2D eigenvalue weighted by Crippen LogP contribution is -2.42. The van der Waals surface area contributed by atoms with Crippen molar-refractivity contribution in [2.75, 3.05) is 14.1 Å². The Morgan fingerprint density at radius 2 is 1.93 bits per heavy atom. The fraction of sp³-hybridized carbons (Fsp3) is 0.909. The molecule has 0 aromatic heterocycles. The van der Waals surface area contributed by atoms with Crippen molar-refractivity contribution in [2.45, 2.75) is 44.6 Å². The molecular weight excluding hydrogens is 176 g/mol. The van der Waals surface area contributed by atoms with Crippen LogP contribution in [0.2, 0.25) is 0 Å². The van der Waals surface area contributed by atoms with Crippen molar-refractivity contribution >= 4 is 5.91 Å². The summed E-state index contributed by atoms with van der Waals surface area (Å²) >= 11 is 0. The molecule has 3 heteroatoms. The molecule has 1 saturated carbocycles. The highest BCUT2D eigenvalue weighted by Gasteiger charge is 2.21. The lowest BCUT2D eigenvalue weighted by Gasteiger charge is -2.25. The van der Waals surface area contributed by atoms with Crippen molar-refractivity contribution in [1.82, 2.24) is 10.6 Å². The number of hydrogen-bond donors (Lipinski definition) is 2. The highest BCUT2D eigenvalue weighted by atomic mass is 16.2. The maximum absolute atomic E-state index is 11.4. The highest BCUT2D eigenvalue weighted by molar-refractivity contribution is 5.81. The van der Waals surface area contributed by atoms with Crippen molar-refractivity contribution in [3.8, 4) is 0 Å². The van der Waals surface area contributed by atoms with E-state index in [4.69, 9.17) is 0 Å². The maximum Gasteiger partial charge on any atom is 0.236 e. The third kappa shape index (κ3) is 3.29. The Bertz CT molecular complexity index is 176. The highest BCUT2D eigenvalue weighted by Crippen LogP contribution is 2.27. The Morgan fingerprint density at radius 3 is 2.43 bits per heavy atom. The van der Waals surface area contributed by atoms with Gasteiger partial charge in [0.2, 0.25) is 5.91 Å². The van der Waals surface area contributed by atoms with Gasteiger partial charge in [-0.05, 0) is 19.4 Å². The summed E-state index contributed by atoms with van der Waals surface area (Å²) in [5, 5.41) is 5.79. The molecule has 0 bridgehead atoms. The quantitative estimate of drug-likeness (QED) is 0.714. The first-order valence-corrected chi connectivity index (χ1v) is 5.66. The minimum absolute atomic E-state index is 0.00287. The van der Waals surface area contributed by atoms with Crippen LogP contribution >= 0.6 is 0 Å². The molecule has 0 aromatic rings. The molecule has 1 amide bonds. The number of hydrogen-bond acceptors (Lipinski definition) is 2. The van der Waals surface area contributed by atoms with Crippen molar-refractivity contribution in [3.05, 3.63) is 0 Å². The number of amides is 1. The molecular formula is C11H22N2O. The normalized spacial score (nSPS) is 20.4. The monoisotopic (exact) mass is 198 g/mol. The third-order valence-electron chi connectivity index (χ3n) is 3.21. The van der Waals surface area contributed by atoms with Gasteiger partial charge >= 0.3 is 0 Å². The van der Waals surface area contributed by atoms with Crippen molar-refractivity contribution in [1.29, 1.82) is 0 Å². The Hall–Kier alpha value is -0.570. The van der Waals surface area contributed by atoms with Crippen molar-refractivity contribution in [3.63, 3.8) is 0 Å². The van der Waals surface area contributed by atoms with Gasteiger partial charge in [0, 0.05) is 7.05 Å². The molecule has 1 fully saturated rings. The van der Waals surface area contributed by atoms with Crippen molar-refractivity contribution in [2.24, 2.45) is 5.92 Å². The number of rotatable bonds is 4. The van der Waals surface area contributed by atoms with E-state index in [0.29, 0.717) is 0 Å². The van der Waals surface area contributed by atoms with Gasteiger partial charge in [0.25, 0.3) is 0 Å². The fourth-order valence-electron chi connectivity index (χ4n) is 2.29. The lowest BCUT2D eigenvalue weighted by molar-refractivity contribution is -0.123. The minimum atomic E-state index is 0.00287. The average molecular weight is 198 g/mol. The first-order chi connectivity index (χ1) is 6.77. The van der Waals surface area contributed by atoms with E-state index in [2.05, 4.69) is 10.6 Å². The van der Waals surface area contributed by atoms with E-state index in [9.17, 15) is 4.79 Å². The Kier molecular flexibility index (Phi) is 4.94. The molecule has 1 atom stereocenters. The van der Waals surface area contributed by atoms with E-state index in [0.717, 1.165) is 12.3 Å². The molecule has 0 spiro atoms. The van der Waals surface area contributed by atoms with E-state index >= 15 is 0 Å². The molecule has 0 aromatic carbocycles. The van der Waals surface area contributed by atoms with Crippen LogP contribution < -0.4 is 10.6 Å². The van der Waals surface area contributed by atoms with Crippen LogP contribution in [0.25, 0.3) is 0 Å². The van der Waals surface area contributed by atoms with Crippen LogP contribution in [0.1, 0.15) is 38.5 Å². The van der Waals surface area contributed by atoms with Crippen LogP contribution in [0.15, 0.2) is 0 Å². The second-order valence-electron chi connectivity index (χ2n) is 4.20. The van der Waals surface area contributed by atoms with Gasteiger partial charge in [-0.15, -0.1) is 0 Å². The summed E-state index contributed by atoms with van der Waals surface area (Å²) in [6.45, 7) is 0. The molecule has 1 rings (SSSR count). The van der Waals surface area contributed by atoms with Gasteiger partial charge in [-0.1, -0.05) is 32.1 Å². The SMILES string of the molecule is CNC(=O)C(CC1CCCCC1)NC. The van der Waals surface area contributed by atoms with Gasteiger partial charge in [0.1, 0.15) is 0 Å². The van der Waals surface area contributed by atoms with Gasteiger partial charge in [-0.3, -0.25) is 4.79 Å². The predicted molar refractivity (Wildman–Crippen MR) is 58.1 cm³/mol. The second kappa shape index (κ2) is 6.02. The summed E-state index contributed by atoms with van der Waals surface area (Å²) in [5.74, 6) is 0.872. The molecule has 1 aliphatic carbocycles. The molecule has 2 N–H and O–H groups in total. The topological polar surface area (TPSA) is 41.1 Å². The van der Waals surface area contributed by atoms with Gasteiger partial charge in [-0.2, -0.15) is 0 Å². The second-order valence-corrected chi connectivity index (χ2v) is 4.20. The summed E-state index contributed by atoms with van der Waals surface area (Å²) in [5.41, 5.74) is 0. The van der Waals surface area contributed by atoms with E-state index in [1.165, 1.54) is 32.1 Å². The first-order valence-electron chi connectivity index (χ1n) is 5.66. The minimum Gasteiger partial charge on any atom is -0.358 e. The van der Waals surface area contributed by atoms with Crippen LogP contribution in [0.3, 0.4) is 0 Å². The first kappa shape index (κ1) is 11.5. The summed E-state index contributed by atoms with van der Waals surface area (Å²) in [6, 6.07) is 0.00287. The molecule has 14 heavy (non-hydrogen) atoms. The van der Waals surface area contributed by atoms with Crippen LogP contribution in [0, 0.1) is 5.92 Å². The molecule has 0 heterocycles. The zero-order chi connectivity index (χ0) is 10.4. The smallest absolute Gasteiger partial charge is 0.236 e. The van der Waals surface area contributed by atoms with Gasteiger partial charge < -0.3 is 10.6 Å². The van der Waals surface area contributed by atoms with Crippen LogP contribution in [-0.2, 0) is 4.79 Å². The summed E-state index contributed by atoms with van der Waals surface area (Å²) in [4.78, 5) is 11.4. The summed E-state index contributed by atoms with van der Waals surface area (Å²) in [7, 11) is 3.57. The standard InChI is InChI=1S/C11H22N2O/c1-12-10(11(14)13-2)8-9-6-4-3-5-7-9/h9-10,12H,3-8H2,1-2H3,(H,13,14). The van der Waals surface area contributed by atoms with Crippen molar-refractivity contribution < 1.29 is 4.79 Å². The number of carbonyl (C=O) groups is 1. The summed E-state index contributed by atoms with van der Waals surface area (Å²) in [6.07, 6.45) is 7.66. The Balaban J connectivity index is 2.34. The van der Waals surface area contributed by atoms with Crippen LogP contribution in [0.5, 0.6) is 0 Å². The molecule has 1 aliphatic rings. The predicted octanol–water partition coefficient (Wildman–Crippen LogP) is 1.29.